The molecule has 1 aromatic carbocycles. The molecule has 1 heterocycles. The van der Waals surface area contributed by atoms with E-state index in [0.29, 0.717) is 0 Å². The number of hydrogen-bond donors (Lipinski definition) is 1. The Morgan fingerprint density at radius 1 is 1.31 bits per heavy atom. The highest BCUT2D eigenvalue weighted by molar-refractivity contribution is 5.81. The molecule has 1 amide bonds. The Bertz CT molecular complexity index is 380. The first-order valence-corrected chi connectivity index (χ1v) is 5.39. The number of amides is 1. The van der Waals surface area contributed by atoms with Crippen LogP contribution in [0.2, 0.25) is 0 Å². The fraction of sp³-hybridized carbons (Fsp3) is 0.417. The zero-order chi connectivity index (χ0) is 11.7. The average molecular weight is 219 g/mol. The summed E-state index contributed by atoms with van der Waals surface area (Å²) in [6.07, 6.45) is 0. The fourth-order valence-corrected chi connectivity index (χ4v) is 1.90. The molecule has 1 aromatic rings. The molecule has 2 N–H and O–H groups in total. The average Bonchev–Trinajstić information content (AvgIpc) is 2.18. The third kappa shape index (κ3) is 1.96. The van der Waals surface area contributed by atoms with Crippen LogP contribution in [0.4, 0.5) is 11.4 Å². The molecule has 4 nitrogen and oxygen atoms in total. The molecule has 0 aliphatic carbocycles. The molecule has 86 valence electrons. The highest BCUT2D eigenvalue weighted by Crippen LogP contribution is 2.25. The zero-order valence-corrected chi connectivity index (χ0v) is 9.68. The van der Waals surface area contributed by atoms with E-state index in [0.717, 1.165) is 24.5 Å². The van der Waals surface area contributed by atoms with Crippen molar-refractivity contribution in [1.82, 2.24) is 4.90 Å². The van der Waals surface area contributed by atoms with Gasteiger partial charge in [-0.25, -0.2) is 0 Å². The summed E-state index contributed by atoms with van der Waals surface area (Å²) in [6, 6.07) is 7.75. The molecule has 16 heavy (non-hydrogen) atoms. The molecular formula is C12H17N3O. The lowest BCUT2D eigenvalue weighted by Gasteiger charge is -2.41. The molecule has 0 spiro atoms. The van der Waals surface area contributed by atoms with Crippen LogP contribution in [0.1, 0.15) is 0 Å². The second-order valence-electron chi connectivity index (χ2n) is 4.43. The molecule has 0 bridgehead atoms. The summed E-state index contributed by atoms with van der Waals surface area (Å²) in [7, 11) is 3.60. The Morgan fingerprint density at radius 2 is 1.88 bits per heavy atom. The van der Waals surface area contributed by atoms with Gasteiger partial charge in [-0.2, -0.15) is 0 Å². The second-order valence-corrected chi connectivity index (χ2v) is 4.43. The number of benzene rings is 1. The Morgan fingerprint density at radius 3 is 2.38 bits per heavy atom. The van der Waals surface area contributed by atoms with E-state index in [1.807, 2.05) is 24.3 Å². The molecule has 0 radical (unpaired) electrons. The lowest BCUT2D eigenvalue weighted by atomic mass is 9.98. The molecule has 2 rings (SSSR count). The van der Waals surface area contributed by atoms with Crippen molar-refractivity contribution in [3.8, 4) is 0 Å². The van der Waals surface area contributed by atoms with E-state index in [-0.39, 0.29) is 11.8 Å². The predicted octanol–water partition coefficient (Wildman–Crippen LogP) is 0.793. The van der Waals surface area contributed by atoms with Gasteiger partial charge < -0.3 is 15.5 Å². The van der Waals surface area contributed by atoms with E-state index in [2.05, 4.69) is 4.90 Å². The third-order valence-electron chi connectivity index (χ3n) is 2.93. The molecule has 1 fully saturated rings. The first-order chi connectivity index (χ1) is 7.58. The van der Waals surface area contributed by atoms with Gasteiger partial charge in [0.25, 0.3) is 0 Å². The van der Waals surface area contributed by atoms with Crippen LogP contribution >= 0.6 is 0 Å². The highest BCUT2D eigenvalue weighted by Gasteiger charge is 2.33. The van der Waals surface area contributed by atoms with Gasteiger partial charge in [0, 0.05) is 38.6 Å². The monoisotopic (exact) mass is 219 g/mol. The number of anilines is 2. The van der Waals surface area contributed by atoms with Crippen molar-refractivity contribution in [3.05, 3.63) is 24.3 Å². The third-order valence-corrected chi connectivity index (χ3v) is 2.93. The maximum Gasteiger partial charge on any atom is 0.228 e. The standard InChI is InChI=1S/C12H17N3O/c1-14(2)12(16)9-7-15(8-9)11-5-3-10(13)4-6-11/h3-6,9H,7-8,13H2,1-2H3. The summed E-state index contributed by atoms with van der Waals surface area (Å²) in [5, 5.41) is 0. The Labute approximate surface area is 95.6 Å². The van der Waals surface area contributed by atoms with Gasteiger partial charge in [0.1, 0.15) is 0 Å². The summed E-state index contributed by atoms with van der Waals surface area (Å²) in [4.78, 5) is 15.5. The topological polar surface area (TPSA) is 49.6 Å². The first-order valence-electron chi connectivity index (χ1n) is 5.39. The van der Waals surface area contributed by atoms with E-state index in [1.165, 1.54) is 0 Å². The van der Waals surface area contributed by atoms with E-state index >= 15 is 0 Å². The predicted molar refractivity (Wildman–Crippen MR) is 65.3 cm³/mol. The SMILES string of the molecule is CN(C)C(=O)C1CN(c2ccc(N)cc2)C1. The van der Waals surface area contributed by atoms with Gasteiger partial charge in [0.15, 0.2) is 0 Å². The van der Waals surface area contributed by atoms with E-state index in [1.54, 1.807) is 19.0 Å². The lowest BCUT2D eigenvalue weighted by Crippen LogP contribution is -2.53. The molecule has 0 aromatic heterocycles. The van der Waals surface area contributed by atoms with Crippen LogP contribution in [0.15, 0.2) is 24.3 Å². The van der Waals surface area contributed by atoms with Crippen LogP contribution in [-0.4, -0.2) is 38.0 Å². The summed E-state index contributed by atoms with van der Waals surface area (Å²) >= 11 is 0. The minimum absolute atomic E-state index is 0.146. The fourth-order valence-electron chi connectivity index (χ4n) is 1.90. The quantitative estimate of drug-likeness (QED) is 0.748. The van der Waals surface area contributed by atoms with Crippen molar-refractivity contribution in [3.63, 3.8) is 0 Å². The van der Waals surface area contributed by atoms with Crippen LogP contribution in [0.25, 0.3) is 0 Å². The van der Waals surface area contributed by atoms with Crippen molar-refractivity contribution < 1.29 is 4.79 Å². The van der Waals surface area contributed by atoms with E-state index < -0.39 is 0 Å². The molecule has 0 atom stereocenters. The van der Waals surface area contributed by atoms with E-state index in [9.17, 15) is 4.79 Å². The lowest BCUT2D eigenvalue weighted by molar-refractivity contribution is -0.133. The van der Waals surface area contributed by atoms with Crippen LogP contribution < -0.4 is 10.6 Å². The van der Waals surface area contributed by atoms with Crippen molar-refractivity contribution in [2.75, 3.05) is 37.8 Å². The van der Waals surface area contributed by atoms with Crippen LogP contribution in [-0.2, 0) is 4.79 Å². The van der Waals surface area contributed by atoms with Crippen LogP contribution in [0.5, 0.6) is 0 Å². The second kappa shape index (κ2) is 4.04. The van der Waals surface area contributed by atoms with Gasteiger partial charge in [-0.1, -0.05) is 0 Å². The molecule has 0 unspecified atom stereocenters. The van der Waals surface area contributed by atoms with Gasteiger partial charge in [-0.15, -0.1) is 0 Å². The maximum absolute atomic E-state index is 11.6. The summed E-state index contributed by atoms with van der Waals surface area (Å²) < 4.78 is 0. The summed E-state index contributed by atoms with van der Waals surface area (Å²) in [5.74, 6) is 0.360. The minimum Gasteiger partial charge on any atom is -0.399 e. The molecule has 1 saturated heterocycles. The number of carbonyl (C=O) groups is 1. The van der Waals surface area contributed by atoms with Crippen molar-refractivity contribution >= 4 is 17.3 Å². The van der Waals surface area contributed by atoms with Crippen LogP contribution in [0, 0.1) is 5.92 Å². The van der Waals surface area contributed by atoms with Crippen molar-refractivity contribution in [2.45, 2.75) is 0 Å². The largest absolute Gasteiger partial charge is 0.399 e. The van der Waals surface area contributed by atoms with Gasteiger partial charge in [0.2, 0.25) is 5.91 Å². The number of nitrogen functional groups attached to an aromatic ring is 1. The van der Waals surface area contributed by atoms with Crippen molar-refractivity contribution in [2.24, 2.45) is 5.92 Å². The normalized spacial score (nSPS) is 15.8. The van der Waals surface area contributed by atoms with E-state index in [4.69, 9.17) is 5.73 Å². The van der Waals surface area contributed by atoms with Gasteiger partial charge in [0.05, 0.1) is 5.92 Å². The first kappa shape index (κ1) is 10.8. The summed E-state index contributed by atoms with van der Waals surface area (Å²) in [6.45, 7) is 1.61. The minimum atomic E-state index is 0.146. The number of nitrogens with zero attached hydrogens (tertiary/aromatic N) is 2. The zero-order valence-electron chi connectivity index (χ0n) is 9.68. The smallest absolute Gasteiger partial charge is 0.228 e. The van der Waals surface area contributed by atoms with Gasteiger partial charge >= 0.3 is 0 Å². The molecular weight excluding hydrogens is 202 g/mol. The molecule has 1 aliphatic heterocycles. The number of nitrogens with two attached hydrogens (primary N) is 1. The number of hydrogen-bond acceptors (Lipinski definition) is 3. The Hall–Kier alpha value is -1.71. The summed E-state index contributed by atoms with van der Waals surface area (Å²) in [5.41, 5.74) is 7.53. The Balaban J connectivity index is 1.93. The maximum atomic E-state index is 11.6. The van der Waals surface area contributed by atoms with Gasteiger partial charge in [-0.05, 0) is 24.3 Å². The molecule has 4 heteroatoms. The van der Waals surface area contributed by atoms with Gasteiger partial charge in [-0.3, -0.25) is 4.79 Å². The molecule has 1 aliphatic rings. The Kier molecular flexibility index (Phi) is 2.73. The van der Waals surface area contributed by atoms with Crippen LogP contribution in [0.3, 0.4) is 0 Å². The molecule has 0 saturated carbocycles. The number of carbonyl (C=O) groups excluding carboxylic acids is 1. The highest BCUT2D eigenvalue weighted by atomic mass is 16.2. The number of rotatable bonds is 2. The van der Waals surface area contributed by atoms with Crippen molar-refractivity contribution in [1.29, 1.82) is 0 Å².